The number of aliphatic hydroxyl groups excluding tert-OH is 1. The molecule has 1 aromatic carbocycles. The van der Waals surface area contributed by atoms with Gasteiger partial charge in [0.2, 0.25) is 5.75 Å². The maximum Gasteiger partial charge on any atom is 0.418 e. The molecule has 0 radical (unpaired) electrons. The van der Waals surface area contributed by atoms with Gasteiger partial charge in [0, 0.05) is 24.8 Å². The summed E-state index contributed by atoms with van der Waals surface area (Å²) in [4.78, 5) is 10.5. The summed E-state index contributed by atoms with van der Waals surface area (Å²) < 4.78 is 48.9. The molecule has 0 aliphatic carbocycles. The maximum atomic E-state index is 13.0. The summed E-state index contributed by atoms with van der Waals surface area (Å²) in [6.45, 7) is 2.63. The van der Waals surface area contributed by atoms with Crippen molar-refractivity contribution in [2.75, 3.05) is 20.3 Å². The van der Waals surface area contributed by atoms with Gasteiger partial charge in [-0.1, -0.05) is 6.92 Å². The molecule has 1 aliphatic heterocycles. The molecule has 0 spiro atoms. The van der Waals surface area contributed by atoms with Gasteiger partial charge < -0.3 is 14.6 Å². The molecule has 1 atom stereocenters. The number of methoxy groups -OCH3 is 1. The highest BCUT2D eigenvalue weighted by Gasteiger charge is 2.44. The molecule has 9 heteroatoms. The molecule has 0 aromatic heterocycles. The predicted octanol–water partition coefficient (Wildman–Crippen LogP) is 3.27. The predicted molar refractivity (Wildman–Crippen MR) is 78.1 cm³/mol. The van der Waals surface area contributed by atoms with E-state index in [0.717, 1.165) is 13.2 Å². The van der Waals surface area contributed by atoms with Crippen LogP contribution < -0.4 is 4.74 Å². The molecule has 2 rings (SSSR count). The molecule has 134 valence electrons. The molecule has 6 nitrogen and oxygen atoms in total. The molecule has 1 N–H and O–H groups in total. The number of rotatable bonds is 4. The number of nitro benzene ring substituents is 1. The van der Waals surface area contributed by atoms with Gasteiger partial charge in [-0.3, -0.25) is 10.1 Å². The van der Waals surface area contributed by atoms with Gasteiger partial charge in [-0.2, -0.15) is 13.2 Å². The van der Waals surface area contributed by atoms with E-state index in [0.29, 0.717) is 31.6 Å². The summed E-state index contributed by atoms with van der Waals surface area (Å²) in [7, 11) is 1.03. The summed E-state index contributed by atoms with van der Waals surface area (Å²) in [5.41, 5.74) is -1.46. The van der Waals surface area contributed by atoms with E-state index in [1.54, 1.807) is 0 Å². The number of hydrogen-bond donors (Lipinski definition) is 1. The van der Waals surface area contributed by atoms with Crippen molar-refractivity contribution < 1.29 is 32.7 Å². The highest BCUT2D eigenvalue weighted by molar-refractivity contribution is 5.56. The van der Waals surface area contributed by atoms with Gasteiger partial charge in [0.1, 0.15) is 0 Å². The van der Waals surface area contributed by atoms with Crippen molar-refractivity contribution in [3.63, 3.8) is 0 Å². The maximum absolute atomic E-state index is 13.0. The van der Waals surface area contributed by atoms with Crippen LogP contribution in [0.2, 0.25) is 0 Å². The van der Waals surface area contributed by atoms with Crippen LogP contribution in [0.4, 0.5) is 18.9 Å². The third-order valence-electron chi connectivity index (χ3n) is 4.40. The standard InChI is InChI=1S/C15H18F3NO5/c1-14(3-5-24-6-4-14)9-7-10(13(20)15(16,17)18)12(23-2)11(8-9)19(21)22/h7-8,13,20H,3-6H2,1-2H3. The van der Waals surface area contributed by atoms with Gasteiger partial charge in [-0.15, -0.1) is 0 Å². The minimum atomic E-state index is -4.96. The van der Waals surface area contributed by atoms with Crippen LogP contribution in [0.1, 0.15) is 37.0 Å². The number of nitrogens with zero attached hydrogens (tertiary/aromatic N) is 1. The summed E-state index contributed by atoms with van der Waals surface area (Å²) in [5, 5.41) is 20.9. The monoisotopic (exact) mass is 349 g/mol. The second kappa shape index (κ2) is 6.56. The highest BCUT2D eigenvalue weighted by Crippen LogP contribution is 2.45. The fourth-order valence-electron chi connectivity index (χ4n) is 2.83. The molecular weight excluding hydrogens is 331 g/mol. The van der Waals surface area contributed by atoms with Crippen LogP contribution in [0.3, 0.4) is 0 Å². The number of nitro groups is 1. The van der Waals surface area contributed by atoms with Crippen LogP contribution in [0.15, 0.2) is 12.1 Å². The van der Waals surface area contributed by atoms with E-state index in [-0.39, 0.29) is 0 Å². The Kier molecular flexibility index (Phi) is 5.05. The van der Waals surface area contributed by atoms with E-state index in [2.05, 4.69) is 0 Å². The van der Waals surface area contributed by atoms with Gasteiger partial charge in [0.05, 0.1) is 12.0 Å². The molecule has 1 heterocycles. The Morgan fingerprint density at radius 2 is 1.96 bits per heavy atom. The molecule has 0 saturated carbocycles. The first kappa shape index (κ1) is 18.5. The smallest absolute Gasteiger partial charge is 0.418 e. The van der Waals surface area contributed by atoms with Crippen LogP contribution >= 0.6 is 0 Å². The molecular formula is C15H18F3NO5. The number of hydrogen-bond acceptors (Lipinski definition) is 5. The lowest BCUT2D eigenvalue weighted by atomic mass is 9.75. The number of halogens is 3. The van der Waals surface area contributed by atoms with E-state index >= 15 is 0 Å². The van der Waals surface area contributed by atoms with Crippen LogP contribution in [0.5, 0.6) is 5.75 Å². The van der Waals surface area contributed by atoms with Crippen molar-refractivity contribution in [3.8, 4) is 5.75 Å². The Labute approximate surface area is 136 Å². The third kappa shape index (κ3) is 3.46. The number of ether oxygens (including phenoxy) is 2. The summed E-state index contributed by atoms with van der Waals surface area (Å²) in [6.07, 6.45) is -6.80. The SMILES string of the molecule is COc1c(C(O)C(F)(F)F)cc(C2(C)CCOCC2)cc1[N+](=O)[O-]. The Morgan fingerprint density at radius 3 is 2.42 bits per heavy atom. The van der Waals surface area contributed by atoms with Gasteiger partial charge in [-0.05, 0) is 29.9 Å². The summed E-state index contributed by atoms with van der Waals surface area (Å²) in [6, 6.07) is 2.37. The first-order valence-corrected chi connectivity index (χ1v) is 7.29. The lowest BCUT2D eigenvalue weighted by molar-refractivity contribution is -0.386. The van der Waals surface area contributed by atoms with Crippen molar-refractivity contribution in [1.82, 2.24) is 0 Å². The molecule has 0 amide bonds. The molecule has 1 unspecified atom stereocenters. The van der Waals surface area contributed by atoms with Crippen LogP contribution in [-0.4, -0.2) is 36.5 Å². The molecule has 1 fully saturated rings. The van der Waals surface area contributed by atoms with E-state index in [1.165, 1.54) is 6.07 Å². The fraction of sp³-hybridized carbons (Fsp3) is 0.600. The van der Waals surface area contributed by atoms with Crippen molar-refractivity contribution >= 4 is 5.69 Å². The van der Waals surface area contributed by atoms with Crippen LogP contribution in [-0.2, 0) is 10.2 Å². The molecule has 24 heavy (non-hydrogen) atoms. The van der Waals surface area contributed by atoms with Crippen LogP contribution in [0, 0.1) is 10.1 Å². The van der Waals surface area contributed by atoms with Crippen molar-refractivity contribution in [3.05, 3.63) is 33.4 Å². The highest BCUT2D eigenvalue weighted by atomic mass is 19.4. The Morgan fingerprint density at radius 1 is 1.38 bits per heavy atom. The first-order valence-electron chi connectivity index (χ1n) is 7.29. The third-order valence-corrected chi connectivity index (χ3v) is 4.40. The van der Waals surface area contributed by atoms with Gasteiger partial charge >= 0.3 is 11.9 Å². The van der Waals surface area contributed by atoms with Crippen molar-refractivity contribution in [2.24, 2.45) is 0 Å². The first-order chi connectivity index (χ1) is 11.1. The Hall–Kier alpha value is -1.87. The topological polar surface area (TPSA) is 81.8 Å². The summed E-state index contributed by atoms with van der Waals surface area (Å²) >= 11 is 0. The number of alkyl halides is 3. The number of benzene rings is 1. The lowest BCUT2D eigenvalue weighted by Crippen LogP contribution is -2.31. The zero-order valence-electron chi connectivity index (χ0n) is 13.2. The molecule has 1 aliphatic rings. The minimum absolute atomic E-state index is 0.358. The lowest BCUT2D eigenvalue weighted by Gasteiger charge is -2.34. The Balaban J connectivity index is 2.66. The summed E-state index contributed by atoms with van der Waals surface area (Å²) in [5.74, 6) is -0.579. The zero-order valence-corrected chi connectivity index (χ0v) is 13.2. The second-order valence-corrected chi connectivity index (χ2v) is 5.99. The van der Waals surface area contributed by atoms with Crippen LogP contribution in [0.25, 0.3) is 0 Å². The normalized spacial score (nSPS) is 18.9. The average molecular weight is 349 g/mol. The zero-order chi connectivity index (χ0) is 18.1. The molecule has 1 aromatic rings. The van der Waals surface area contributed by atoms with E-state index in [9.17, 15) is 28.4 Å². The van der Waals surface area contributed by atoms with Crippen molar-refractivity contribution in [2.45, 2.75) is 37.5 Å². The molecule has 0 bridgehead atoms. The fourth-order valence-corrected chi connectivity index (χ4v) is 2.83. The number of aliphatic hydroxyl groups is 1. The van der Waals surface area contributed by atoms with E-state index in [4.69, 9.17) is 9.47 Å². The van der Waals surface area contributed by atoms with E-state index < -0.39 is 39.6 Å². The minimum Gasteiger partial charge on any atom is -0.490 e. The van der Waals surface area contributed by atoms with Gasteiger partial charge in [0.25, 0.3) is 0 Å². The van der Waals surface area contributed by atoms with Gasteiger partial charge in [-0.25, -0.2) is 0 Å². The quantitative estimate of drug-likeness (QED) is 0.666. The Bertz CT molecular complexity index is 626. The van der Waals surface area contributed by atoms with E-state index in [1.807, 2.05) is 6.92 Å². The van der Waals surface area contributed by atoms with Gasteiger partial charge in [0.15, 0.2) is 6.10 Å². The van der Waals surface area contributed by atoms with Crippen molar-refractivity contribution in [1.29, 1.82) is 0 Å². The average Bonchev–Trinajstić information content (AvgIpc) is 2.52. The second-order valence-electron chi connectivity index (χ2n) is 5.99. The molecule has 1 saturated heterocycles. The largest absolute Gasteiger partial charge is 0.490 e.